The van der Waals surface area contributed by atoms with Crippen molar-refractivity contribution in [2.24, 2.45) is 7.05 Å². The van der Waals surface area contributed by atoms with Crippen molar-refractivity contribution < 1.29 is 13.2 Å². The molecule has 4 rings (SSSR count). The Bertz CT molecular complexity index is 1120. The molecule has 0 aliphatic carbocycles. The van der Waals surface area contributed by atoms with Crippen molar-refractivity contribution in [3.63, 3.8) is 0 Å². The van der Waals surface area contributed by atoms with Crippen LogP contribution in [0.15, 0.2) is 65.8 Å². The lowest BCUT2D eigenvalue weighted by molar-refractivity contribution is 0.0946. The third-order valence-corrected chi connectivity index (χ3v) is 6.38. The first-order valence-corrected chi connectivity index (χ1v) is 10.4. The van der Waals surface area contributed by atoms with E-state index in [1.807, 2.05) is 30.3 Å². The number of aromatic nitrogens is 2. The minimum Gasteiger partial charge on any atom is -0.352 e. The smallest absolute Gasteiger partial charge is 0.283 e. The number of aryl methyl sites for hydroxylation is 1. The molecule has 3 aromatic rings. The van der Waals surface area contributed by atoms with Gasteiger partial charge in [-0.1, -0.05) is 30.3 Å². The molecule has 0 saturated carbocycles. The molecule has 2 aromatic carbocycles. The van der Waals surface area contributed by atoms with E-state index in [2.05, 4.69) is 10.4 Å². The lowest BCUT2D eigenvalue weighted by Gasteiger charge is -2.25. The van der Waals surface area contributed by atoms with Gasteiger partial charge in [-0.05, 0) is 41.8 Å². The molecule has 0 saturated heterocycles. The summed E-state index contributed by atoms with van der Waals surface area (Å²) in [5, 5.41) is 6.88. The van der Waals surface area contributed by atoms with Crippen molar-refractivity contribution in [3.05, 3.63) is 77.5 Å². The molecule has 0 spiro atoms. The number of rotatable bonds is 5. The van der Waals surface area contributed by atoms with E-state index in [-0.39, 0.29) is 17.5 Å². The van der Waals surface area contributed by atoms with Crippen molar-refractivity contribution in [1.29, 1.82) is 0 Å². The van der Waals surface area contributed by atoms with Crippen LogP contribution in [-0.2, 0) is 30.0 Å². The summed E-state index contributed by atoms with van der Waals surface area (Å²) in [5.41, 5.74) is 2.81. The van der Waals surface area contributed by atoms with Crippen molar-refractivity contribution in [3.8, 4) is 0 Å². The first kappa shape index (κ1) is 18.2. The summed E-state index contributed by atoms with van der Waals surface area (Å²) in [6.07, 6.45) is 2.27. The number of nitrogens with zero attached hydrogens (tertiary/aromatic N) is 3. The molecule has 0 radical (unpaired) electrons. The number of fused-ring (bicyclic) bond motifs is 1. The highest BCUT2D eigenvalue weighted by atomic mass is 32.2. The number of nitrogens with one attached hydrogen (secondary N) is 1. The largest absolute Gasteiger partial charge is 0.352 e. The van der Waals surface area contributed by atoms with Gasteiger partial charge in [0.15, 0.2) is 5.03 Å². The Morgan fingerprint density at radius 1 is 1.14 bits per heavy atom. The van der Waals surface area contributed by atoms with Crippen LogP contribution in [0.4, 0.5) is 5.69 Å². The van der Waals surface area contributed by atoms with E-state index in [1.165, 1.54) is 15.1 Å². The second-order valence-electron chi connectivity index (χ2n) is 6.67. The van der Waals surface area contributed by atoms with Crippen LogP contribution in [0.25, 0.3) is 0 Å². The normalized spacial score (nSPS) is 13.7. The van der Waals surface area contributed by atoms with Gasteiger partial charge in [-0.2, -0.15) is 13.5 Å². The number of benzene rings is 2. The van der Waals surface area contributed by atoms with Crippen molar-refractivity contribution >= 4 is 21.6 Å². The maximum Gasteiger partial charge on any atom is 0.283 e. The van der Waals surface area contributed by atoms with E-state index in [1.54, 1.807) is 31.4 Å². The van der Waals surface area contributed by atoms with Gasteiger partial charge in [-0.25, -0.2) is 0 Å². The second-order valence-corrected chi connectivity index (χ2v) is 8.48. The molecule has 0 unspecified atom stereocenters. The van der Waals surface area contributed by atoms with E-state index < -0.39 is 10.0 Å². The second kappa shape index (κ2) is 7.12. The molecule has 8 heteroatoms. The molecule has 1 aliphatic rings. The quantitative estimate of drug-likeness (QED) is 0.716. The summed E-state index contributed by atoms with van der Waals surface area (Å²) in [6.45, 7) is 0.714. The third kappa shape index (κ3) is 3.38. The highest BCUT2D eigenvalue weighted by Gasteiger charge is 2.29. The Morgan fingerprint density at radius 2 is 1.93 bits per heavy atom. The first-order chi connectivity index (χ1) is 13.4. The summed E-state index contributed by atoms with van der Waals surface area (Å²) >= 11 is 0. The Labute approximate surface area is 163 Å². The van der Waals surface area contributed by atoms with Gasteiger partial charge < -0.3 is 5.32 Å². The summed E-state index contributed by atoms with van der Waals surface area (Å²) < 4.78 is 29.5. The maximum absolute atomic E-state index is 13.4. The Hall–Kier alpha value is -3.13. The van der Waals surface area contributed by atoms with Crippen LogP contribution in [-0.4, -0.2) is 30.7 Å². The Kier molecular flexibility index (Phi) is 4.64. The Morgan fingerprint density at radius 3 is 2.64 bits per heavy atom. The van der Waals surface area contributed by atoms with Gasteiger partial charge in [0.1, 0.15) is 0 Å². The standard InChI is InChI=1S/C20H20N4O3S/c1-23-12-10-19(22-23)28(26,27)24(14-15-5-3-2-4-6-15)17-7-8-18-16(13-17)9-11-21-20(18)25/h2-8,10,12-13H,9,11,14H2,1H3,(H,21,25). The van der Waals surface area contributed by atoms with Crippen molar-refractivity contribution in [2.75, 3.05) is 10.8 Å². The number of carbonyl (C=O) groups is 1. The lowest BCUT2D eigenvalue weighted by atomic mass is 10.00. The van der Waals surface area contributed by atoms with E-state index in [9.17, 15) is 13.2 Å². The number of carbonyl (C=O) groups excluding carboxylic acids is 1. The molecule has 1 aliphatic heterocycles. The van der Waals surface area contributed by atoms with Gasteiger partial charge in [-0.3, -0.25) is 13.8 Å². The number of hydrogen-bond donors (Lipinski definition) is 1. The summed E-state index contributed by atoms with van der Waals surface area (Å²) in [4.78, 5) is 12.0. The van der Waals surface area contributed by atoms with Gasteiger partial charge in [0.2, 0.25) is 0 Å². The molecule has 28 heavy (non-hydrogen) atoms. The van der Waals surface area contributed by atoms with Gasteiger partial charge >= 0.3 is 0 Å². The molecule has 144 valence electrons. The minimum absolute atomic E-state index is 0.0126. The molecule has 1 amide bonds. The monoisotopic (exact) mass is 396 g/mol. The molecule has 7 nitrogen and oxygen atoms in total. The first-order valence-electron chi connectivity index (χ1n) is 8.92. The number of sulfonamides is 1. The SMILES string of the molecule is Cn1ccc(S(=O)(=O)N(Cc2ccccc2)c2ccc3c(c2)CCNC3=O)n1. The van der Waals surface area contributed by atoms with E-state index in [0.29, 0.717) is 24.2 Å². The molecule has 2 heterocycles. The average Bonchev–Trinajstić information content (AvgIpc) is 3.14. The molecule has 1 N–H and O–H groups in total. The van der Waals surface area contributed by atoms with Crippen LogP contribution in [0.1, 0.15) is 21.5 Å². The van der Waals surface area contributed by atoms with Crippen LogP contribution in [0, 0.1) is 0 Å². The van der Waals surface area contributed by atoms with Gasteiger partial charge in [0.05, 0.1) is 12.2 Å². The van der Waals surface area contributed by atoms with Crippen LogP contribution in [0.3, 0.4) is 0 Å². The zero-order valence-electron chi connectivity index (χ0n) is 15.4. The van der Waals surface area contributed by atoms with Gasteiger partial charge in [0, 0.05) is 25.4 Å². The fourth-order valence-electron chi connectivity index (χ4n) is 3.28. The highest BCUT2D eigenvalue weighted by Crippen LogP contribution is 2.28. The summed E-state index contributed by atoms with van der Waals surface area (Å²) in [5.74, 6) is -0.130. The molecule has 0 bridgehead atoms. The summed E-state index contributed by atoms with van der Waals surface area (Å²) in [7, 11) is -2.19. The lowest BCUT2D eigenvalue weighted by Crippen LogP contribution is -2.33. The molecular weight excluding hydrogens is 376 g/mol. The van der Waals surface area contributed by atoms with Gasteiger partial charge in [-0.15, -0.1) is 0 Å². The van der Waals surface area contributed by atoms with Gasteiger partial charge in [0.25, 0.3) is 15.9 Å². The van der Waals surface area contributed by atoms with Crippen LogP contribution >= 0.6 is 0 Å². The highest BCUT2D eigenvalue weighted by molar-refractivity contribution is 7.92. The van der Waals surface area contributed by atoms with Crippen LogP contribution < -0.4 is 9.62 Å². The number of anilines is 1. The van der Waals surface area contributed by atoms with E-state index in [4.69, 9.17) is 0 Å². The number of amides is 1. The topological polar surface area (TPSA) is 84.3 Å². The van der Waals surface area contributed by atoms with E-state index >= 15 is 0 Å². The third-order valence-electron chi connectivity index (χ3n) is 4.71. The fourth-order valence-corrected chi connectivity index (χ4v) is 4.68. The van der Waals surface area contributed by atoms with Crippen LogP contribution in [0.5, 0.6) is 0 Å². The molecule has 0 atom stereocenters. The zero-order chi connectivity index (χ0) is 19.7. The van der Waals surface area contributed by atoms with Crippen molar-refractivity contribution in [2.45, 2.75) is 18.0 Å². The molecule has 1 aromatic heterocycles. The average molecular weight is 396 g/mol. The predicted molar refractivity (Wildman–Crippen MR) is 105 cm³/mol. The zero-order valence-corrected chi connectivity index (χ0v) is 16.2. The van der Waals surface area contributed by atoms with E-state index in [0.717, 1.165) is 11.1 Å². The maximum atomic E-state index is 13.4. The minimum atomic E-state index is -3.87. The fraction of sp³-hybridized carbons (Fsp3) is 0.200. The Balaban J connectivity index is 1.80. The van der Waals surface area contributed by atoms with Crippen LogP contribution in [0.2, 0.25) is 0 Å². The van der Waals surface area contributed by atoms with Crippen molar-refractivity contribution in [1.82, 2.24) is 15.1 Å². The number of hydrogen-bond acceptors (Lipinski definition) is 4. The molecular formula is C20H20N4O3S. The predicted octanol–water partition coefficient (Wildman–Crippen LogP) is 2.10. The summed E-state index contributed by atoms with van der Waals surface area (Å²) in [6, 6.07) is 16.0. The molecule has 0 fully saturated rings.